The Morgan fingerprint density at radius 3 is 2.32 bits per heavy atom. The zero-order chi connectivity index (χ0) is 25.8. The molecule has 3 N–H and O–H groups in total. The highest BCUT2D eigenvalue weighted by Gasteiger charge is 2.27. The Bertz CT molecular complexity index is 1260. The third-order valence-corrected chi connectivity index (χ3v) is 7.29. The number of fused-ring (bicyclic) bond motifs is 1. The van der Waals surface area contributed by atoms with Crippen LogP contribution in [0.1, 0.15) is 55.8 Å². The van der Waals surface area contributed by atoms with Crippen molar-refractivity contribution in [2.75, 3.05) is 36.1 Å². The maximum Gasteiger partial charge on any atom is 0.337 e. The SMILES string of the molecule is COC(=O)c1ccc(Nc2nc(NC3CCN(C4CCCC4)CC3)nc3ccc(NC(C)=O)cc23)cc1. The molecule has 37 heavy (non-hydrogen) atoms. The highest BCUT2D eigenvalue weighted by atomic mass is 16.5. The molecule has 9 nitrogen and oxygen atoms in total. The van der Waals surface area contributed by atoms with Gasteiger partial charge in [-0.25, -0.2) is 9.78 Å². The average Bonchev–Trinajstić information content (AvgIpc) is 3.44. The van der Waals surface area contributed by atoms with Gasteiger partial charge in [-0.3, -0.25) is 4.79 Å². The molecular formula is C28H34N6O3. The maximum atomic E-state index is 11.8. The summed E-state index contributed by atoms with van der Waals surface area (Å²) < 4.78 is 4.79. The summed E-state index contributed by atoms with van der Waals surface area (Å²) in [6.45, 7) is 3.69. The van der Waals surface area contributed by atoms with Crippen molar-refractivity contribution in [1.82, 2.24) is 14.9 Å². The van der Waals surface area contributed by atoms with Crippen molar-refractivity contribution >= 4 is 45.9 Å². The number of amides is 1. The van der Waals surface area contributed by atoms with Crippen LogP contribution in [-0.4, -0.2) is 59.0 Å². The van der Waals surface area contributed by atoms with E-state index in [4.69, 9.17) is 14.7 Å². The highest BCUT2D eigenvalue weighted by molar-refractivity contribution is 5.97. The fraction of sp³-hybridized carbons (Fsp3) is 0.429. The zero-order valence-corrected chi connectivity index (χ0v) is 21.4. The quantitative estimate of drug-likeness (QED) is 0.390. The van der Waals surface area contributed by atoms with Crippen LogP contribution in [0, 0.1) is 0 Å². The Hall–Kier alpha value is -3.72. The monoisotopic (exact) mass is 502 g/mol. The van der Waals surface area contributed by atoms with Gasteiger partial charge in [-0.1, -0.05) is 12.8 Å². The van der Waals surface area contributed by atoms with E-state index >= 15 is 0 Å². The number of benzene rings is 2. The van der Waals surface area contributed by atoms with Crippen LogP contribution in [0.3, 0.4) is 0 Å². The van der Waals surface area contributed by atoms with Gasteiger partial charge in [-0.2, -0.15) is 4.98 Å². The molecule has 9 heteroatoms. The lowest BCUT2D eigenvalue weighted by Crippen LogP contribution is -2.43. The number of anilines is 4. The molecule has 1 aliphatic carbocycles. The smallest absolute Gasteiger partial charge is 0.337 e. The van der Waals surface area contributed by atoms with Gasteiger partial charge in [-0.15, -0.1) is 0 Å². The van der Waals surface area contributed by atoms with Gasteiger partial charge in [-0.05, 0) is 68.1 Å². The number of methoxy groups -OCH3 is 1. The van der Waals surface area contributed by atoms with Gasteiger partial charge in [0.25, 0.3) is 0 Å². The number of rotatable bonds is 7. The Labute approximate surface area is 217 Å². The number of likely N-dealkylation sites (tertiary alicyclic amines) is 1. The van der Waals surface area contributed by atoms with Gasteiger partial charge >= 0.3 is 5.97 Å². The van der Waals surface area contributed by atoms with Crippen LogP contribution in [0.2, 0.25) is 0 Å². The number of ether oxygens (including phenoxy) is 1. The first-order chi connectivity index (χ1) is 18.0. The standard InChI is InChI=1S/C28H34N6O3/c1-18(35)29-22-11-12-25-24(17-22)26(30-20-9-7-19(8-10-20)27(36)37-2)33-28(32-25)31-21-13-15-34(16-14-21)23-5-3-4-6-23/h7-12,17,21,23H,3-6,13-16H2,1-2H3,(H,29,35)(H2,30,31,32,33). The van der Waals surface area contributed by atoms with Crippen molar-refractivity contribution in [2.24, 2.45) is 0 Å². The highest BCUT2D eigenvalue weighted by Crippen LogP contribution is 2.30. The topological polar surface area (TPSA) is 108 Å². The maximum absolute atomic E-state index is 11.8. The van der Waals surface area contributed by atoms with E-state index in [0.717, 1.165) is 48.6 Å². The van der Waals surface area contributed by atoms with Gasteiger partial charge in [0.1, 0.15) is 5.82 Å². The van der Waals surface area contributed by atoms with E-state index in [2.05, 4.69) is 20.9 Å². The first-order valence-electron chi connectivity index (χ1n) is 13.0. The molecule has 2 aliphatic rings. The number of hydrogen-bond donors (Lipinski definition) is 3. The van der Waals surface area contributed by atoms with Crippen molar-refractivity contribution < 1.29 is 14.3 Å². The van der Waals surface area contributed by atoms with Crippen LogP contribution >= 0.6 is 0 Å². The van der Waals surface area contributed by atoms with Crippen LogP contribution in [0.15, 0.2) is 42.5 Å². The molecule has 0 bridgehead atoms. The summed E-state index contributed by atoms with van der Waals surface area (Å²) in [5.41, 5.74) is 2.68. The second kappa shape index (κ2) is 11.1. The second-order valence-electron chi connectivity index (χ2n) is 9.90. The number of aromatic nitrogens is 2. The minimum Gasteiger partial charge on any atom is -0.465 e. The predicted molar refractivity (Wildman–Crippen MR) is 145 cm³/mol. The van der Waals surface area contributed by atoms with Crippen molar-refractivity contribution in [3.63, 3.8) is 0 Å². The molecule has 194 valence electrons. The predicted octanol–water partition coefficient (Wildman–Crippen LogP) is 4.94. The van der Waals surface area contributed by atoms with Crippen molar-refractivity contribution in [3.8, 4) is 0 Å². The third-order valence-electron chi connectivity index (χ3n) is 7.29. The van der Waals surface area contributed by atoms with Gasteiger partial charge in [0.05, 0.1) is 18.2 Å². The van der Waals surface area contributed by atoms with Crippen LogP contribution in [0.4, 0.5) is 23.1 Å². The molecule has 1 saturated carbocycles. The molecule has 0 unspecified atom stereocenters. The molecule has 2 heterocycles. The number of hydrogen-bond acceptors (Lipinski definition) is 8. The molecule has 1 aliphatic heterocycles. The lowest BCUT2D eigenvalue weighted by Gasteiger charge is -2.36. The Morgan fingerprint density at radius 2 is 1.65 bits per heavy atom. The van der Waals surface area contributed by atoms with E-state index in [9.17, 15) is 9.59 Å². The molecule has 0 atom stereocenters. The fourth-order valence-corrected chi connectivity index (χ4v) is 5.37. The number of piperidine rings is 1. The van der Waals surface area contributed by atoms with E-state index in [0.29, 0.717) is 29.1 Å². The summed E-state index contributed by atoms with van der Waals surface area (Å²) in [6.07, 6.45) is 7.52. The molecule has 3 aromatic rings. The Kier molecular flexibility index (Phi) is 7.50. The minimum atomic E-state index is -0.385. The first-order valence-corrected chi connectivity index (χ1v) is 13.0. The number of carbonyl (C=O) groups is 2. The summed E-state index contributed by atoms with van der Waals surface area (Å²) in [6, 6.07) is 13.7. The summed E-state index contributed by atoms with van der Waals surface area (Å²) in [7, 11) is 1.36. The lowest BCUT2D eigenvalue weighted by atomic mass is 10.0. The van der Waals surface area contributed by atoms with Crippen LogP contribution in [0.25, 0.3) is 10.9 Å². The van der Waals surface area contributed by atoms with Crippen molar-refractivity contribution in [2.45, 2.75) is 57.5 Å². The van der Waals surface area contributed by atoms with Crippen molar-refractivity contribution in [1.29, 1.82) is 0 Å². The first kappa shape index (κ1) is 25.0. The second-order valence-corrected chi connectivity index (χ2v) is 9.90. The van der Waals surface area contributed by atoms with Gasteiger partial charge in [0, 0.05) is 48.9 Å². The van der Waals surface area contributed by atoms with E-state index in [1.165, 1.54) is 39.7 Å². The Balaban J connectivity index is 1.38. The van der Waals surface area contributed by atoms with Gasteiger partial charge in [0.15, 0.2) is 0 Å². The molecule has 1 aromatic heterocycles. The van der Waals surface area contributed by atoms with E-state index in [-0.39, 0.29) is 11.9 Å². The summed E-state index contributed by atoms with van der Waals surface area (Å²) in [4.78, 5) is 35.7. The van der Waals surface area contributed by atoms with Crippen molar-refractivity contribution in [3.05, 3.63) is 48.0 Å². The zero-order valence-electron chi connectivity index (χ0n) is 21.4. The summed E-state index contributed by atoms with van der Waals surface area (Å²) >= 11 is 0. The molecule has 1 saturated heterocycles. The van der Waals surface area contributed by atoms with E-state index in [1.807, 2.05) is 30.3 Å². The molecular weight excluding hydrogens is 468 g/mol. The van der Waals surface area contributed by atoms with Crippen LogP contribution in [0.5, 0.6) is 0 Å². The number of nitrogens with one attached hydrogen (secondary N) is 3. The molecule has 5 rings (SSSR count). The lowest BCUT2D eigenvalue weighted by molar-refractivity contribution is -0.114. The van der Waals surface area contributed by atoms with Crippen LogP contribution < -0.4 is 16.0 Å². The molecule has 1 amide bonds. The Morgan fingerprint density at radius 1 is 0.946 bits per heavy atom. The largest absolute Gasteiger partial charge is 0.465 e. The normalized spacial score (nSPS) is 17.0. The van der Waals surface area contributed by atoms with E-state index in [1.54, 1.807) is 12.1 Å². The number of esters is 1. The molecule has 2 aromatic carbocycles. The summed E-state index contributed by atoms with van der Waals surface area (Å²) in [5, 5.41) is 10.5. The number of carbonyl (C=O) groups excluding carboxylic acids is 2. The number of nitrogens with zero attached hydrogens (tertiary/aromatic N) is 3. The van der Waals surface area contributed by atoms with Crippen LogP contribution in [-0.2, 0) is 9.53 Å². The average molecular weight is 503 g/mol. The van der Waals surface area contributed by atoms with E-state index < -0.39 is 0 Å². The minimum absolute atomic E-state index is 0.143. The summed E-state index contributed by atoms with van der Waals surface area (Å²) in [5.74, 6) is 0.668. The molecule has 2 fully saturated rings. The third kappa shape index (κ3) is 5.99. The van der Waals surface area contributed by atoms with Gasteiger partial charge < -0.3 is 25.6 Å². The molecule has 0 radical (unpaired) electrons. The molecule has 0 spiro atoms. The van der Waals surface area contributed by atoms with Gasteiger partial charge in [0.2, 0.25) is 11.9 Å². The fourth-order valence-electron chi connectivity index (χ4n) is 5.37.